The fourth-order valence-electron chi connectivity index (χ4n) is 1.63. The summed E-state index contributed by atoms with van der Waals surface area (Å²) in [5, 5.41) is 9.10. The standard InChI is InChI=1S/C14H11ClF2O2/c15-14-9(2-1-3-12(14)17)8-19-13-5-4-11(16)6-10(13)7-18/h1-6,18H,7-8H2. The van der Waals surface area contributed by atoms with Crippen molar-refractivity contribution >= 4 is 11.6 Å². The monoisotopic (exact) mass is 284 g/mol. The molecular formula is C14H11ClF2O2. The Hall–Kier alpha value is -1.65. The van der Waals surface area contributed by atoms with Gasteiger partial charge in [-0.2, -0.15) is 0 Å². The smallest absolute Gasteiger partial charge is 0.142 e. The van der Waals surface area contributed by atoms with Crippen LogP contribution in [-0.2, 0) is 13.2 Å². The van der Waals surface area contributed by atoms with Gasteiger partial charge in [-0.05, 0) is 24.3 Å². The van der Waals surface area contributed by atoms with Crippen LogP contribution in [0.15, 0.2) is 36.4 Å². The summed E-state index contributed by atoms with van der Waals surface area (Å²) < 4.78 is 31.6. The maximum absolute atomic E-state index is 13.2. The average molecular weight is 285 g/mol. The molecule has 0 saturated heterocycles. The molecule has 0 fully saturated rings. The number of benzene rings is 2. The first-order valence-electron chi connectivity index (χ1n) is 5.57. The third-order valence-electron chi connectivity index (χ3n) is 2.61. The molecule has 1 N–H and O–H groups in total. The number of rotatable bonds is 4. The van der Waals surface area contributed by atoms with E-state index in [2.05, 4.69) is 0 Å². The van der Waals surface area contributed by atoms with Crippen molar-refractivity contribution < 1.29 is 18.6 Å². The highest BCUT2D eigenvalue weighted by molar-refractivity contribution is 6.31. The van der Waals surface area contributed by atoms with Gasteiger partial charge in [-0.25, -0.2) is 8.78 Å². The van der Waals surface area contributed by atoms with E-state index in [1.165, 1.54) is 30.3 Å². The Morgan fingerprint density at radius 2 is 1.89 bits per heavy atom. The number of hydrogen-bond acceptors (Lipinski definition) is 2. The molecule has 2 aromatic rings. The molecule has 19 heavy (non-hydrogen) atoms. The van der Waals surface area contributed by atoms with Gasteiger partial charge in [0.1, 0.15) is 24.0 Å². The van der Waals surface area contributed by atoms with Crippen LogP contribution in [0.4, 0.5) is 8.78 Å². The molecule has 0 spiro atoms. The van der Waals surface area contributed by atoms with E-state index in [1.807, 2.05) is 0 Å². The Balaban J connectivity index is 2.17. The van der Waals surface area contributed by atoms with Gasteiger partial charge in [0.2, 0.25) is 0 Å². The van der Waals surface area contributed by atoms with Crippen molar-refractivity contribution in [2.24, 2.45) is 0 Å². The molecular weight excluding hydrogens is 274 g/mol. The van der Waals surface area contributed by atoms with Crippen molar-refractivity contribution in [2.75, 3.05) is 0 Å². The first-order valence-corrected chi connectivity index (χ1v) is 5.94. The summed E-state index contributed by atoms with van der Waals surface area (Å²) in [4.78, 5) is 0. The second-order valence-electron chi connectivity index (χ2n) is 3.91. The van der Waals surface area contributed by atoms with Gasteiger partial charge in [0.15, 0.2) is 0 Å². The van der Waals surface area contributed by atoms with Gasteiger partial charge >= 0.3 is 0 Å². The zero-order valence-corrected chi connectivity index (χ0v) is 10.6. The van der Waals surface area contributed by atoms with E-state index < -0.39 is 11.6 Å². The van der Waals surface area contributed by atoms with Crippen LogP contribution in [0.3, 0.4) is 0 Å². The number of aliphatic hydroxyl groups is 1. The van der Waals surface area contributed by atoms with Crippen molar-refractivity contribution in [2.45, 2.75) is 13.2 Å². The SMILES string of the molecule is OCc1cc(F)ccc1OCc1cccc(F)c1Cl. The van der Waals surface area contributed by atoms with E-state index in [0.717, 1.165) is 0 Å². The van der Waals surface area contributed by atoms with Crippen LogP contribution >= 0.6 is 11.6 Å². The molecule has 0 bridgehead atoms. The van der Waals surface area contributed by atoms with Crippen molar-refractivity contribution in [1.29, 1.82) is 0 Å². The maximum Gasteiger partial charge on any atom is 0.142 e. The summed E-state index contributed by atoms with van der Waals surface area (Å²) in [6.45, 7) is -0.306. The molecule has 0 amide bonds. The largest absolute Gasteiger partial charge is 0.488 e. The summed E-state index contributed by atoms with van der Waals surface area (Å²) in [6, 6.07) is 8.23. The number of halogens is 3. The highest BCUT2D eigenvalue weighted by atomic mass is 35.5. The van der Waals surface area contributed by atoms with Crippen LogP contribution in [0.5, 0.6) is 5.75 Å². The van der Waals surface area contributed by atoms with Gasteiger partial charge in [0.05, 0.1) is 11.6 Å². The lowest BCUT2D eigenvalue weighted by molar-refractivity contribution is 0.258. The Bertz CT molecular complexity index is 588. The molecule has 5 heteroatoms. The van der Waals surface area contributed by atoms with Crippen LogP contribution in [0.2, 0.25) is 5.02 Å². The topological polar surface area (TPSA) is 29.5 Å². The maximum atomic E-state index is 13.2. The van der Waals surface area contributed by atoms with E-state index in [-0.39, 0.29) is 18.2 Å². The molecule has 0 unspecified atom stereocenters. The van der Waals surface area contributed by atoms with Crippen LogP contribution in [0.25, 0.3) is 0 Å². The van der Waals surface area contributed by atoms with Gasteiger partial charge in [0, 0.05) is 11.1 Å². The second-order valence-corrected chi connectivity index (χ2v) is 4.29. The van der Waals surface area contributed by atoms with Crippen LogP contribution in [-0.4, -0.2) is 5.11 Å². The summed E-state index contributed by atoms with van der Waals surface area (Å²) >= 11 is 5.79. The first kappa shape index (κ1) is 13.8. The Morgan fingerprint density at radius 1 is 1.11 bits per heavy atom. The minimum Gasteiger partial charge on any atom is -0.488 e. The van der Waals surface area contributed by atoms with Crippen molar-refractivity contribution in [1.82, 2.24) is 0 Å². The normalized spacial score (nSPS) is 10.5. The highest BCUT2D eigenvalue weighted by Gasteiger charge is 2.08. The zero-order valence-electron chi connectivity index (χ0n) is 9.87. The predicted octanol–water partition coefficient (Wildman–Crippen LogP) is 3.69. The van der Waals surface area contributed by atoms with Gasteiger partial charge in [0.25, 0.3) is 0 Å². The average Bonchev–Trinajstić information content (AvgIpc) is 2.41. The van der Waals surface area contributed by atoms with Gasteiger partial charge < -0.3 is 9.84 Å². The number of aliphatic hydroxyl groups excluding tert-OH is 1. The minimum atomic E-state index is -0.524. The summed E-state index contributed by atoms with van der Waals surface area (Å²) in [6.07, 6.45) is 0. The predicted molar refractivity (Wildman–Crippen MR) is 68.1 cm³/mol. The van der Waals surface area contributed by atoms with Gasteiger partial charge in [-0.1, -0.05) is 23.7 Å². The lowest BCUT2D eigenvalue weighted by Gasteiger charge is -2.11. The zero-order chi connectivity index (χ0) is 13.8. The molecule has 0 aliphatic heterocycles. The lowest BCUT2D eigenvalue weighted by atomic mass is 10.2. The van der Waals surface area contributed by atoms with Crippen LogP contribution in [0, 0.1) is 11.6 Å². The third kappa shape index (κ3) is 3.22. The van der Waals surface area contributed by atoms with E-state index in [4.69, 9.17) is 21.4 Å². The minimum absolute atomic E-state index is 0.00448. The van der Waals surface area contributed by atoms with Gasteiger partial charge in [-0.3, -0.25) is 0 Å². The molecule has 100 valence electrons. The quantitative estimate of drug-likeness (QED) is 0.928. The fourth-order valence-corrected chi connectivity index (χ4v) is 1.81. The van der Waals surface area contributed by atoms with Gasteiger partial charge in [-0.15, -0.1) is 0 Å². The van der Waals surface area contributed by atoms with E-state index >= 15 is 0 Å². The molecule has 0 saturated carbocycles. The molecule has 0 atom stereocenters. The number of hydrogen-bond donors (Lipinski definition) is 1. The summed E-state index contributed by atoms with van der Waals surface area (Å²) in [5.74, 6) is -0.645. The second kappa shape index (κ2) is 5.99. The molecule has 0 radical (unpaired) electrons. The molecule has 2 nitrogen and oxygen atoms in total. The first-order chi connectivity index (χ1) is 9.11. The summed E-state index contributed by atoms with van der Waals surface area (Å²) in [7, 11) is 0. The fraction of sp³-hybridized carbons (Fsp3) is 0.143. The molecule has 2 aromatic carbocycles. The van der Waals surface area contributed by atoms with Crippen molar-refractivity contribution in [3.8, 4) is 5.75 Å². The van der Waals surface area contributed by atoms with Crippen LogP contribution < -0.4 is 4.74 Å². The molecule has 2 rings (SSSR count). The van der Waals surface area contributed by atoms with Crippen LogP contribution in [0.1, 0.15) is 11.1 Å². The molecule has 0 heterocycles. The molecule has 0 aromatic heterocycles. The molecule has 0 aliphatic rings. The van der Waals surface area contributed by atoms with E-state index in [0.29, 0.717) is 16.9 Å². The summed E-state index contributed by atoms with van der Waals surface area (Å²) in [5.41, 5.74) is 0.808. The molecule has 0 aliphatic carbocycles. The van der Waals surface area contributed by atoms with Crippen molar-refractivity contribution in [3.05, 3.63) is 64.2 Å². The Kier molecular flexibility index (Phi) is 4.35. The Labute approximate surface area is 114 Å². The number of ether oxygens (including phenoxy) is 1. The van der Waals surface area contributed by atoms with E-state index in [1.54, 1.807) is 6.07 Å². The van der Waals surface area contributed by atoms with Crippen molar-refractivity contribution in [3.63, 3.8) is 0 Å². The lowest BCUT2D eigenvalue weighted by Crippen LogP contribution is -2.00. The van der Waals surface area contributed by atoms with E-state index in [9.17, 15) is 8.78 Å². The third-order valence-corrected chi connectivity index (χ3v) is 3.03. The highest BCUT2D eigenvalue weighted by Crippen LogP contribution is 2.24. The Morgan fingerprint density at radius 3 is 2.63 bits per heavy atom.